The molecular weight excluding hydrogens is 438 g/mol. The second kappa shape index (κ2) is 9.22. The first-order chi connectivity index (χ1) is 17.0. The minimum atomic E-state index is -0.344. The molecule has 0 bridgehead atoms. The molecule has 1 aliphatic rings. The van der Waals surface area contributed by atoms with Crippen molar-refractivity contribution in [2.24, 2.45) is 0 Å². The van der Waals surface area contributed by atoms with Crippen LogP contribution >= 0.6 is 0 Å². The maximum atomic E-state index is 13.9. The molecule has 0 fully saturated rings. The number of urea groups is 1. The van der Waals surface area contributed by atoms with Gasteiger partial charge in [0.15, 0.2) is 11.5 Å². The Morgan fingerprint density at radius 3 is 2.46 bits per heavy atom. The lowest BCUT2D eigenvalue weighted by Crippen LogP contribution is -2.38. The van der Waals surface area contributed by atoms with Crippen LogP contribution in [0.25, 0.3) is 5.69 Å². The van der Waals surface area contributed by atoms with Gasteiger partial charge in [0.2, 0.25) is 0 Å². The maximum Gasteiger partial charge on any atom is 0.322 e. The van der Waals surface area contributed by atoms with Crippen molar-refractivity contribution >= 4 is 11.7 Å². The third kappa shape index (κ3) is 4.12. The topological polar surface area (TPSA) is 55.7 Å². The molecule has 0 saturated heterocycles. The zero-order chi connectivity index (χ0) is 24.5. The van der Waals surface area contributed by atoms with Crippen molar-refractivity contribution in [3.05, 3.63) is 107 Å². The van der Waals surface area contributed by atoms with Crippen LogP contribution in [-0.4, -0.2) is 29.7 Å². The van der Waals surface area contributed by atoms with Crippen LogP contribution in [0.2, 0.25) is 0 Å². The molecule has 2 amide bonds. The molecule has 0 spiro atoms. The monoisotopic (exact) mass is 467 g/mol. The van der Waals surface area contributed by atoms with Gasteiger partial charge in [-0.1, -0.05) is 30.3 Å². The fourth-order valence-electron chi connectivity index (χ4n) is 4.73. The predicted molar refractivity (Wildman–Crippen MR) is 138 cm³/mol. The molecule has 6 heteroatoms. The second-order valence-corrected chi connectivity index (χ2v) is 8.81. The Kier molecular flexibility index (Phi) is 5.95. The van der Waals surface area contributed by atoms with Gasteiger partial charge in [0, 0.05) is 17.6 Å². The van der Waals surface area contributed by atoms with E-state index >= 15 is 0 Å². The van der Waals surface area contributed by atoms with Gasteiger partial charge in [0.1, 0.15) is 0 Å². The van der Waals surface area contributed by atoms with E-state index < -0.39 is 0 Å². The number of ether oxygens (including phenoxy) is 2. The number of benzene rings is 3. The van der Waals surface area contributed by atoms with Crippen LogP contribution in [0.15, 0.2) is 79.0 Å². The van der Waals surface area contributed by atoms with Gasteiger partial charge >= 0.3 is 6.03 Å². The van der Waals surface area contributed by atoms with Crippen molar-refractivity contribution in [1.82, 2.24) is 9.47 Å². The Labute approximate surface area is 205 Å². The molecule has 5 rings (SSSR count). The maximum absolute atomic E-state index is 13.9. The Morgan fingerprint density at radius 2 is 1.69 bits per heavy atom. The zero-order valence-electron chi connectivity index (χ0n) is 20.4. The van der Waals surface area contributed by atoms with Gasteiger partial charge in [-0.15, -0.1) is 0 Å². The van der Waals surface area contributed by atoms with Crippen LogP contribution in [0, 0.1) is 13.8 Å². The van der Waals surface area contributed by atoms with E-state index in [0.717, 1.165) is 33.8 Å². The molecule has 35 heavy (non-hydrogen) atoms. The average molecular weight is 468 g/mol. The molecule has 3 aromatic carbocycles. The quantitative estimate of drug-likeness (QED) is 0.386. The van der Waals surface area contributed by atoms with E-state index in [1.807, 2.05) is 72.6 Å². The number of aromatic nitrogens is 1. The van der Waals surface area contributed by atoms with Crippen molar-refractivity contribution in [2.45, 2.75) is 26.4 Å². The lowest BCUT2D eigenvalue weighted by atomic mass is 10.0. The molecule has 0 aliphatic carbocycles. The van der Waals surface area contributed by atoms with Crippen molar-refractivity contribution in [1.29, 1.82) is 0 Å². The molecule has 178 valence electrons. The van der Waals surface area contributed by atoms with Crippen molar-refractivity contribution in [3.63, 3.8) is 0 Å². The van der Waals surface area contributed by atoms with Gasteiger partial charge in [-0.3, -0.25) is 0 Å². The van der Waals surface area contributed by atoms with Crippen LogP contribution in [0.3, 0.4) is 0 Å². The molecule has 1 atom stereocenters. The van der Waals surface area contributed by atoms with Gasteiger partial charge < -0.3 is 24.3 Å². The van der Waals surface area contributed by atoms with Crippen LogP contribution in [-0.2, 0) is 6.54 Å². The first-order valence-electron chi connectivity index (χ1n) is 11.6. The van der Waals surface area contributed by atoms with Crippen LogP contribution in [0.5, 0.6) is 11.5 Å². The molecule has 1 N–H and O–H groups in total. The van der Waals surface area contributed by atoms with E-state index in [1.165, 1.54) is 5.56 Å². The van der Waals surface area contributed by atoms with E-state index in [4.69, 9.17) is 9.47 Å². The number of nitrogens with one attached hydrogen (secondary N) is 1. The van der Waals surface area contributed by atoms with Crippen LogP contribution < -0.4 is 14.8 Å². The smallest absolute Gasteiger partial charge is 0.322 e. The lowest BCUT2D eigenvalue weighted by molar-refractivity contribution is 0.194. The lowest BCUT2D eigenvalue weighted by Gasteiger charge is -2.31. The summed E-state index contributed by atoms with van der Waals surface area (Å²) in [7, 11) is 3.24. The van der Waals surface area contributed by atoms with Crippen molar-refractivity contribution < 1.29 is 14.3 Å². The summed E-state index contributed by atoms with van der Waals surface area (Å²) in [4.78, 5) is 15.8. The number of methoxy groups -OCH3 is 2. The largest absolute Gasteiger partial charge is 0.493 e. The number of carbonyl (C=O) groups is 1. The number of nitrogens with zero attached hydrogens (tertiary/aromatic N) is 2. The fraction of sp³-hybridized carbons (Fsp3) is 0.207. The Balaban J connectivity index is 1.64. The number of carbonyl (C=O) groups excluding carboxylic acids is 1. The van der Waals surface area contributed by atoms with Gasteiger partial charge in [-0.2, -0.15) is 0 Å². The highest BCUT2D eigenvalue weighted by Gasteiger charge is 2.33. The number of para-hydroxylation sites is 1. The third-order valence-corrected chi connectivity index (χ3v) is 6.71. The summed E-state index contributed by atoms with van der Waals surface area (Å²) in [6.07, 6.45) is 2.05. The highest BCUT2D eigenvalue weighted by Crippen LogP contribution is 2.39. The van der Waals surface area contributed by atoms with Crippen LogP contribution in [0.1, 0.15) is 34.0 Å². The molecule has 0 radical (unpaired) electrons. The number of fused-ring (bicyclic) bond motifs is 3. The highest BCUT2D eigenvalue weighted by atomic mass is 16.5. The molecule has 0 saturated carbocycles. The first kappa shape index (κ1) is 22.6. The van der Waals surface area contributed by atoms with Gasteiger partial charge in [0.05, 0.1) is 32.5 Å². The van der Waals surface area contributed by atoms with Gasteiger partial charge in [-0.05, 0) is 78.6 Å². The molecular formula is C29H29N3O3. The fourth-order valence-corrected chi connectivity index (χ4v) is 4.73. The predicted octanol–water partition coefficient (Wildman–Crippen LogP) is 6.25. The summed E-state index contributed by atoms with van der Waals surface area (Å²) in [5.74, 6) is 1.27. The van der Waals surface area contributed by atoms with Crippen LogP contribution in [0.4, 0.5) is 10.5 Å². The summed E-state index contributed by atoms with van der Waals surface area (Å²) in [5.41, 5.74) is 7.17. The standard InChI is InChI=1S/C29H29N3O3/c1-19-11-13-23(16-20(19)2)30-29(33)32-18-22-8-5-6-9-24(22)31-15-7-10-25(31)28(32)21-12-14-26(34-3)27(17-21)35-4/h5-17,28H,18H2,1-4H3,(H,30,33)/t28-/m0/s1. The number of rotatable bonds is 4. The van der Waals surface area contributed by atoms with Crippen molar-refractivity contribution in [2.75, 3.05) is 19.5 Å². The SMILES string of the molecule is COc1ccc([C@H]2c3cccn3-c3ccccc3CN2C(=O)Nc2ccc(C)c(C)c2)cc1OC. The molecule has 4 aromatic rings. The summed E-state index contributed by atoms with van der Waals surface area (Å²) in [5, 5.41) is 3.13. The van der Waals surface area contributed by atoms with Crippen molar-refractivity contribution in [3.8, 4) is 17.2 Å². The highest BCUT2D eigenvalue weighted by molar-refractivity contribution is 5.90. The number of aryl methyl sites for hydroxylation is 2. The first-order valence-corrected chi connectivity index (χ1v) is 11.6. The molecule has 6 nitrogen and oxygen atoms in total. The Bertz CT molecular complexity index is 1390. The zero-order valence-corrected chi connectivity index (χ0v) is 20.4. The normalized spacial score (nSPS) is 14.5. The Morgan fingerprint density at radius 1 is 0.886 bits per heavy atom. The third-order valence-electron chi connectivity index (χ3n) is 6.71. The number of hydrogen-bond donors (Lipinski definition) is 1. The van der Waals surface area contributed by atoms with E-state index in [1.54, 1.807) is 14.2 Å². The average Bonchev–Trinajstić information content (AvgIpc) is 3.30. The number of anilines is 1. The second-order valence-electron chi connectivity index (χ2n) is 8.81. The van der Waals surface area contributed by atoms with E-state index in [9.17, 15) is 4.79 Å². The van der Waals surface area contributed by atoms with E-state index in [0.29, 0.717) is 18.0 Å². The number of amides is 2. The molecule has 2 heterocycles. The van der Waals surface area contributed by atoms with E-state index in [-0.39, 0.29) is 12.1 Å². The summed E-state index contributed by atoms with van der Waals surface area (Å²) < 4.78 is 13.2. The molecule has 1 aromatic heterocycles. The minimum absolute atomic E-state index is 0.169. The van der Waals surface area contributed by atoms with Gasteiger partial charge in [0.25, 0.3) is 0 Å². The summed E-state index contributed by atoms with van der Waals surface area (Å²) >= 11 is 0. The summed E-state index contributed by atoms with van der Waals surface area (Å²) in [6, 6.07) is 23.6. The summed E-state index contributed by atoms with van der Waals surface area (Å²) in [6.45, 7) is 4.56. The number of hydrogen-bond acceptors (Lipinski definition) is 3. The molecule has 1 aliphatic heterocycles. The van der Waals surface area contributed by atoms with E-state index in [2.05, 4.69) is 35.0 Å². The Hall–Kier alpha value is -4.19. The van der Waals surface area contributed by atoms with Gasteiger partial charge in [-0.25, -0.2) is 4.79 Å². The molecule has 0 unspecified atom stereocenters. The minimum Gasteiger partial charge on any atom is -0.493 e.